The number of fused-ring (bicyclic) bond motifs is 1. The van der Waals surface area contributed by atoms with Gasteiger partial charge in [-0.3, -0.25) is 4.79 Å². The van der Waals surface area contributed by atoms with Crippen LogP contribution in [0, 0.1) is 6.92 Å². The van der Waals surface area contributed by atoms with E-state index in [-0.39, 0.29) is 11.3 Å². The van der Waals surface area contributed by atoms with Crippen molar-refractivity contribution in [3.05, 3.63) is 52.3 Å². The molecule has 0 aliphatic heterocycles. The second-order valence-corrected chi connectivity index (χ2v) is 6.42. The fraction of sp³-hybridized carbons (Fsp3) is 0.190. The van der Waals surface area contributed by atoms with Crippen LogP contribution in [-0.2, 0) is 0 Å². The standard InChI is InChI=1S/C21H19N3O5/c1-11-5-6-15-13(7-11)18(25)14(10-22-15)21-23-20(24-29-21)12-8-16(26-2)19(28-4)17(9-12)27-3/h5-10H,1-4H3,(H,22,25). The van der Waals surface area contributed by atoms with Crippen LogP contribution >= 0.6 is 0 Å². The Morgan fingerprint density at radius 2 is 1.72 bits per heavy atom. The molecule has 1 N–H and O–H groups in total. The molecule has 0 bridgehead atoms. The molecule has 0 radical (unpaired) electrons. The summed E-state index contributed by atoms with van der Waals surface area (Å²) in [6.07, 6.45) is 1.58. The maximum absolute atomic E-state index is 12.9. The van der Waals surface area contributed by atoms with Gasteiger partial charge in [0, 0.05) is 22.7 Å². The average molecular weight is 393 g/mol. The molecule has 0 amide bonds. The highest BCUT2D eigenvalue weighted by Crippen LogP contribution is 2.40. The van der Waals surface area contributed by atoms with Crippen LogP contribution in [-0.4, -0.2) is 36.5 Å². The lowest BCUT2D eigenvalue weighted by Gasteiger charge is -2.12. The predicted molar refractivity (Wildman–Crippen MR) is 108 cm³/mol. The van der Waals surface area contributed by atoms with Crippen LogP contribution in [0.5, 0.6) is 17.2 Å². The maximum Gasteiger partial charge on any atom is 0.263 e. The van der Waals surface area contributed by atoms with Gasteiger partial charge in [0.05, 0.1) is 21.3 Å². The normalized spacial score (nSPS) is 10.9. The highest BCUT2D eigenvalue weighted by molar-refractivity contribution is 5.82. The minimum atomic E-state index is -0.178. The summed E-state index contributed by atoms with van der Waals surface area (Å²) in [5.41, 5.74) is 2.46. The highest BCUT2D eigenvalue weighted by atomic mass is 16.5. The molecule has 0 fully saturated rings. The summed E-state index contributed by atoms with van der Waals surface area (Å²) in [6.45, 7) is 1.93. The highest BCUT2D eigenvalue weighted by Gasteiger charge is 2.19. The van der Waals surface area contributed by atoms with E-state index in [0.29, 0.717) is 39.6 Å². The predicted octanol–water partition coefficient (Wildman–Crippen LogP) is 3.58. The number of rotatable bonds is 5. The number of aryl methyl sites for hydroxylation is 1. The topological polar surface area (TPSA) is 99.5 Å². The van der Waals surface area contributed by atoms with Crippen molar-refractivity contribution in [3.8, 4) is 40.1 Å². The van der Waals surface area contributed by atoms with E-state index in [9.17, 15) is 4.79 Å². The quantitative estimate of drug-likeness (QED) is 0.553. The van der Waals surface area contributed by atoms with Crippen molar-refractivity contribution >= 4 is 10.9 Å². The summed E-state index contributed by atoms with van der Waals surface area (Å²) in [5, 5.41) is 4.58. The number of hydrogen-bond donors (Lipinski definition) is 1. The molecule has 0 unspecified atom stereocenters. The minimum Gasteiger partial charge on any atom is -0.493 e. The van der Waals surface area contributed by atoms with Crippen LogP contribution in [0.3, 0.4) is 0 Å². The number of nitrogens with zero attached hydrogens (tertiary/aromatic N) is 2. The van der Waals surface area contributed by atoms with Crippen LogP contribution in [0.2, 0.25) is 0 Å². The minimum absolute atomic E-state index is 0.124. The molecule has 0 aliphatic rings. The van der Waals surface area contributed by atoms with Crippen molar-refractivity contribution in [2.75, 3.05) is 21.3 Å². The summed E-state index contributed by atoms with van der Waals surface area (Å²) >= 11 is 0. The molecule has 29 heavy (non-hydrogen) atoms. The van der Waals surface area contributed by atoms with Crippen molar-refractivity contribution in [1.29, 1.82) is 0 Å². The van der Waals surface area contributed by atoms with Gasteiger partial charge in [-0.2, -0.15) is 4.98 Å². The van der Waals surface area contributed by atoms with Crippen LogP contribution in [0.25, 0.3) is 33.7 Å². The lowest BCUT2D eigenvalue weighted by molar-refractivity contribution is 0.324. The fourth-order valence-corrected chi connectivity index (χ4v) is 3.15. The van der Waals surface area contributed by atoms with Gasteiger partial charge in [0.25, 0.3) is 5.89 Å². The molecule has 2 heterocycles. The SMILES string of the molecule is COc1cc(-c2noc(-c3c[nH]c4ccc(C)cc4c3=O)n2)cc(OC)c1OC. The van der Waals surface area contributed by atoms with Crippen molar-refractivity contribution in [3.63, 3.8) is 0 Å². The van der Waals surface area contributed by atoms with Gasteiger partial charge >= 0.3 is 0 Å². The van der Waals surface area contributed by atoms with Crippen molar-refractivity contribution in [1.82, 2.24) is 15.1 Å². The van der Waals surface area contributed by atoms with Crippen LogP contribution in [0.15, 0.2) is 45.8 Å². The van der Waals surface area contributed by atoms with Gasteiger partial charge in [0.1, 0.15) is 5.56 Å². The molecule has 0 aliphatic carbocycles. The third kappa shape index (κ3) is 3.18. The third-order valence-electron chi connectivity index (χ3n) is 4.62. The summed E-state index contributed by atoms with van der Waals surface area (Å²) < 4.78 is 21.4. The van der Waals surface area contributed by atoms with Crippen molar-refractivity contribution in [2.45, 2.75) is 6.92 Å². The Labute approximate surface area is 166 Å². The van der Waals surface area contributed by atoms with Gasteiger partial charge in [0.15, 0.2) is 11.5 Å². The maximum atomic E-state index is 12.9. The van der Waals surface area contributed by atoms with Gasteiger partial charge in [-0.15, -0.1) is 0 Å². The molecular weight excluding hydrogens is 374 g/mol. The van der Waals surface area contributed by atoms with E-state index in [1.807, 2.05) is 25.1 Å². The van der Waals surface area contributed by atoms with Crippen molar-refractivity contribution in [2.24, 2.45) is 0 Å². The average Bonchev–Trinajstić information content (AvgIpc) is 3.23. The first kappa shape index (κ1) is 18.5. The number of pyridine rings is 1. The van der Waals surface area contributed by atoms with Crippen molar-refractivity contribution < 1.29 is 18.7 Å². The Morgan fingerprint density at radius 1 is 1.00 bits per heavy atom. The molecule has 0 saturated heterocycles. The number of H-pyrrole nitrogens is 1. The Bertz CT molecular complexity index is 1230. The number of nitrogens with one attached hydrogen (secondary N) is 1. The summed E-state index contributed by atoms with van der Waals surface area (Å²) in [5.74, 6) is 1.81. The molecule has 0 atom stereocenters. The van der Waals surface area contributed by atoms with E-state index in [4.69, 9.17) is 18.7 Å². The van der Waals surface area contributed by atoms with Gasteiger partial charge in [0.2, 0.25) is 17.0 Å². The zero-order valence-electron chi connectivity index (χ0n) is 16.4. The molecule has 8 nitrogen and oxygen atoms in total. The number of aromatic nitrogens is 3. The Kier molecular flexibility index (Phi) is 4.67. The van der Waals surface area contributed by atoms with Gasteiger partial charge in [-0.1, -0.05) is 16.8 Å². The van der Waals surface area contributed by atoms with Gasteiger partial charge in [-0.25, -0.2) is 0 Å². The number of ether oxygens (including phenoxy) is 3. The molecule has 0 spiro atoms. The molecule has 8 heteroatoms. The van der Waals surface area contributed by atoms with Gasteiger partial charge < -0.3 is 23.7 Å². The Balaban J connectivity index is 1.81. The molecule has 4 rings (SSSR count). The van der Waals surface area contributed by atoms with Crippen LogP contribution in [0.1, 0.15) is 5.56 Å². The van der Waals surface area contributed by atoms with Crippen LogP contribution < -0.4 is 19.6 Å². The second kappa shape index (κ2) is 7.31. The van der Waals surface area contributed by atoms with E-state index < -0.39 is 0 Å². The monoisotopic (exact) mass is 393 g/mol. The van der Waals surface area contributed by atoms with Crippen LogP contribution in [0.4, 0.5) is 0 Å². The first-order valence-corrected chi connectivity index (χ1v) is 8.82. The smallest absolute Gasteiger partial charge is 0.263 e. The summed E-state index contributed by atoms with van der Waals surface area (Å²) in [4.78, 5) is 20.4. The molecule has 148 valence electrons. The zero-order valence-corrected chi connectivity index (χ0v) is 16.4. The zero-order chi connectivity index (χ0) is 20.5. The first-order chi connectivity index (χ1) is 14.0. The Morgan fingerprint density at radius 3 is 2.38 bits per heavy atom. The summed E-state index contributed by atoms with van der Waals surface area (Å²) in [7, 11) is 4.58. The van der Waals surface area contributed by atoms with E-state index in [1.165, 1.54) is 21.3 Å². The molecular formula is C21H19N3O5. The van der Waals surface area contributed by atoms with E-state index in [1.54, 1.807) is 18.3 Å². The summed E-state index contributed by atoms with van der Waals surface area (Å²) in [6, 6.07) is 9.06. The number of benzene rings is 2. The number of aromatic amines is 1. The lowest BCUT2D eigenvalue weighted by atomic mass is 10.1. The third-order valence-corrected chi connectivity index (χ3v) is 4.62. The van der Waals surface area contributed by atoms with Gasteiger partial charge in [-0.05, 0) is 31.2 Å². The molecule has 2 aromatic heterocycles. The molecule has 2 aromatic carbocycles. The number of methoxy groups -OCH3 is 3. The first-order valence-electron chi connectivity index (χ1n) is 8.82. The lowest BCUT2D eigenvalue weighted by Crippen LogP contribution is -2.06. The van der Waals surface area contributed by atoms with E-state index >= 15 is 0 Å². The Hall–Kier alpha value is -3.81. The van der Waals surface area contributed by atoms with E-state index in [0.717, 1.165) is 11.1 Å². The second-order valence-electron chi connectivity index (χ2n) is 6.42. The largest absolute Gasteiger partial charge is 0.493 e. The fourth-order valence-electron chi connectivity index (χ4n) is 3.15. The van der Waals surface area contributed by atoms with E-state index in [2.05, 4.69) is 15.1 Å². The number of hydrogen-bond acceptors (Lipinski definition) is 7. The molecule has 0 saturated carbocycles. The molecule has 4 aromatic rings.